The van der Waals surface area contributed by atoms with Crippen LogP contribution in [0.25, 0.3) is 10.8 Å². The molecule has 1 aliphatic rings. The van der Waals surface area contributed by atoms with Crippen LogP contribution >= 0.6 is 11.3 Å². The maximum atomic E-state index is 5.91. The molecule has 132 valence electrons. The van der Waals surface area contributed by atoms with E-state index in [1.165, 1.54) is 6.42 Å². The standard InChI is InChI=1S/C17H26N4O2S/c1-14(16-18-19-17(23-16)15-6-3-13-24-15)21-9-4-7-20(10-11-21)8-5-12-22-2/h3,6,13-14H,4-5,7-12H2,1-2H3. The Morgan fingerprint density at radius 2 is 2.21 bits per heavy atom. The molecule has 0 aromatic carbocycles. The van der Waals surface area contributed by atoms with Gasteiger partial charge in [-0.25, -0.2) is 0 Å². The van der Waals surface area contributed by atoms with E-state index in [1.807, 2.05) is 17.5 Å². The molecule has 0 spiro atoms. The monoisotopic (exact) mass is 350 g/mol. The van der Waals surface area contributed by atoms with Crippen LogP contribution in [-0.2, 0) is 4.74 Å². The van der Waals surface area contributed by atoms with Gasteiger partial charge in [0.15, 0.2) is 0 Å². The third kappa shape index (κ3) is 4.42. The summed E-state index contributed by atoms with van der Waals surface area (Å²) in [6, 6.07) is 4.17. The summed E-state index contributed by atoms with van der Waals surface area (Å²) in [7, 11) is 1.76. The third-order valence-electron chi connectivity index (χ3n) is 4.52. The Labute approximate surface area is 147 Å². The molecule has 1 fully saturated rings. The highest BCUT2D eigenvalue weighted by Crippen LogP contribution is 2.27. The Balaban J connectivity index is 1.56. The van der Waals surface area contributed by atoms with Crippen LogP contribution in [0.15, 0.2) is 21.9 Å². The SMILES string of the molecule is COCCCN1CCCN(C(C)c2nnc(-c3cccs3)o2)CC1. The summed E-state index contributed by atoms with van der Waals surface area (Å²) < 4.78 is 11.1. The van der Waals surface area contributed by atoms with Gasteiger partial charge in [-0.2, -0.15) is 0 Å². The van der Waals surface area contributed by atoms with Crippen molar-refractivity contribution in [2.45, 2.75) is 25.8 Å². The highest BCUT2D eigenvalue weighted by Gasteiger charge is 2.24. The van der Waals surface area contributed by atoms with Gasteiger partial charge in [0.1, 0.15) is 0 Å². The Hall–Kier alpha value is -1.28. The van der Waals surface area contributed by atoms with Crippen molar-refractivity contribution in [1.82, 2.24) is 20.0 Å². The number of methoxy groups -OCH3 is 1. The van der Waals surface area contributed by atoms with E-state index in [4.69, 9.17) is 9.15 Å². The van der Waals surface area contributed by atoms with Crippen LogP contribution in [0.1, 0.15) is 31.7 Å². The van der Waals surface area contributed by atoms with Crippen LogP contribution in [-0.4, -0.2) is 66.4 Å². The van der Waals surface area contributed by atoms with Gasteiger partial charge in [0.05, 0.1) is 10.9 Å². The predicted molar refractivity (Wildman–Crippen MR) is 95.1 cm³/mol. The number of hydrogen-bond donors (Lipinski definition) is 0. The molecule has 0 aliphatic carbocycles. The fourth-order valence-corrected chi connectivity index (χ4v) is 3.74. The minimum Gasteiger partial charge on any atom is -0.418 e. The van der Waals surface area contributed by atoms with Crippen molar-refractivity contribution in [3.63, 3.8) is 0 Å². The first-order valence-electron chi connectivity index (χ1n) is 8.60. The van der Waals surface area contributed by atoms with E-state index in [-0.39, 0.29) is 6.04 Å². The first-order valence-corrected chi connectivity index (χ1v) is 9.48. The second-order valence-electron chi connectivity index (χ2n) is 6.18. The Morgan fingerprint density at radius 1 is 1.29 bits per heavy atom. The van der Waals surface area contributed by atoms with Gasteiger partial charge in [0.25, 0.3) is 5.89 Å². The molecule has 2 aromatic rings. The lowest BCUT2D eigenvalue weighted by molar-refractivity contribution is 0.165. The van der Waals surface area contributed by atoms with Gasteiger partial charge in [0, 0.05) is 39.9 Å². The lowest BCUT2D eigenvalue weighted by Gasteiger charge is -2.25. The van der Waals surface area contributed by atoms with E-state index in [1.54, 1.807) is 18.4 Å². The van der Waals surface area contributed by atoms with Gasteiger partial charge < -0.3 is 14.1 Å². The molecule has 0 amide bonds. The quantitative estimate of drug-likeness (QED) is 0.716. The Bertz CT molecular complexity index is 602. The maximum absolute atomic E-state index is 5.91. The summed E-state index contributed by atoms with van der Waals surface area (Å²) in [4.78, 5) is 6.00. The van der Waals surface area contributed by atoms with E-state index in [0.717, 1.165) is 50.6 Å². The summed E-state index contributed by atoms with van der Waals surface area (Å²) in [5, 5.41) is 10.5. The van der Waals surface area contributed by atoms with Gasteiger partial charge in [-0.3, -0.25) is 4.90 Å². The summed E-state index contributed by atoms with van der Waals surface area (Å²) in [5.74, 6) is 1.34. The second-order valence-corrected chi connectivity index (χ2v) is 7.12. The van der Waals surface area contributed by atoms with Crippen LogP contribution in [0.2, 0.25) is 0 Å². The van der Waals surface area contributed by atoms with Crippen LogP contribution < -0.4 is 0 Å². The first kappa shape index (κ1) is 17.5. The van der Waals surface area contributed by atoms with Gasteiger partial charge in [-0.1, -0.05) is 6.07 Å². The van der Waals surface area contributed by atoms with Gasteiger partial charge >= 0.3 is 0 Å². The molecule has 1 saturated heterocycles. The van der Waals surface area contributed by atoms with Crippen LogP contribution in [0.3, 0.4) is 0 Å². The molecule has 0 bridgehead atoms. The molecule has 1 atom stereocenters. The Morgan fingerprint density at radius 3 is 3.00 bits per heavy atom. The van der Waals surface area contributed by atoms with Crippen molar-refractivity contribution in [3.05, 3.63) is 23.4 Å². The molecular formula is C17H26N4O2S. The van der Waals surface area contributed by atoms with E-state index < -0.39 is 0 Å². The van der Waals surface area contributed by atoms with Crippen molar-refractivity contribution in [2.75, 3.05) is 46.4 Å². The number of ether oxygens (including phenoxy) is 1. The summed E-state index contributed by atoms with van der Waals surface area (Å²) >= 11 is 1.62. The van der Waals surface area contributed by atoms with E-state index >= 15 is 0 Å². The molecule has 0 N–H and O–H groups in total. The molecule has 3 rings (SSSR count). The second kappa shape index (κ2) is 8.71. The maximum Gasteiger partial charge on any atom is 0.257 e. The number of rotatable bonds is 7. The average molecular weight is 350 g/mol. The minimum absolute atomic E-state index is 0.158. The van der Waals surface area contributed by atoms with Gasteiger partial charge in [-0.15, -0.1) is 21.5 Å². The molecular weight excluding hydrogens is 324 g/mol. The fraction of sp³-hybridized carbons (Fsp3) is 0.647. The van der Waals surface area contributed by atoms with Crippen LogP contribution in [0.5, 0.6) is 0 Å². The van der Waals surface area contributed by atoms with Crippen molar-refractivity contribution in [2.24, 2.45) is 0 Å². The molecule has 7 heteroatoms. The molecule has 0 radical (unpaired) electrons. The number of hydrogen-bond acceptors (Lipinski definition) is 7. The molecule has 1 aliphatic heterocycles. The molecule has 6 nitrogen and oxygen atoms in total. The topological polar surface area (TPSA) is 54.6 Å². The van der Waals surface area contributed by atoms with E-state index in [9.17, 15) is 0 Å². The van der Waals surface area contributed by atoms with Crippen LogP contribution in [0.4, 0.5) is 0 Å². The number of thiophene rings is 1. The average Bonchev–Trinajstić information content (AvgIpc) is 3.23. The fourth-order valence-electron chi connectivity index (χ4n) is 3.09. The van der Waals surface area contributed by atoms with Crippen molar-refractivity contribution in [1.29, 1.82) is 0 Å². The van der Waals surface area contributed by atoms with Crippen molar-refractivity contribution in [3.8, 4) is 10.8 Å². The van der Waals surface area contributed by atoms with Crippen molar-refractivity contribution < 1.29 is 9.15 Å². The van der Waals surface area contributed by atoms with Gasteiger partial charge in [-0.05, 0) is 37.8 Å². The molecule has 0 saturated carbocycles. The zero-order valence-electron chi connectivity index (χ0n) is 14.5. The molecule has 2 aromatic heterocycles. The largest absolute Gasteiger partial charge is 0.418 e. The summed E-state index contributed by atoms with van der Waals surface area (Å²) in [5.41, 5.74) is 0. The van der Waals surface area contributed by atoms with E-state index in [0.29, 0.717) is 11.8 Å². The number of aromatic nitrogens is 2. The Kier molecular flexibility index (Phi) is 6.37. The smallest absolute Gasteiger partial charge is 0.257 e. The zero-order chi connectivity index (χ0) is 16.8. The molecule has 24 heavy (non-hydrogen) atoms. The number of nitrogens with zero attached hydrogens (tertiary/aromatic N) is 4. The molecule has 1 unspecified atom stereocenters. The highest BCUT2D eigenvalue weighted by atomic mass is 32.1. The first-order chi connectivity index (χ1) is 11.8. The predicted octanol–water partition coefficient (Wildman–Crippen LogP) is 2.90. The minimum atomic E-state index is 0.158. The van der Waals surface area contributed by atoms with Crippen molar-refractivity contribution >= 4 is 11.3 Å². The third-order valence-corrected chi connectivity index (χ3v) is 5.38. The van der Waals surface area contributed by atoms with Crippen LogP contribution in [0, 0.1) is 0 Å². The zero-order valence-corrected chi connectivity index (χ0v) is 15.3. The molecule has 3 heterocycles. The lowest BCUT2D eigenvalue weighted by Crippen LogP contribution is -2.33. The lowest BCUT2D eigenvalue weighted by atomic mass is 10.2. The normalized spacial score (nSPS) is 18.6. The highest BCUT2D eigenvalue weighted by molar-refractivity contribution is 7.13. The summed E-state index contributed by atoms with van der Waals surface area (Å²) in [6.07, 6.45) is 2.27. The summed E-state index contributed by atoms with van der Waals surface area (Å²) in [6.45, 7) is 8.44. The van der Waals surface area contributed by atoms with E-state index in [2.05, 4.69) is 26.9 Å². The van der Waals surface area contributed by atoms with Gasteiger partial charge in [0.2, 0.25) is 5.89 Å².